The smallest absolute Gasteiger partial charge is 0.387 e. The van der Waals surface area contributed by atoms with Crippen molar-refractivity contribution in [3.05, 3.63) is 57.3 Å². The van der Waals surface area contributed by atoms with Crippen molar-refractivity contribution in [2.45, 2.75) is 13.2 Å². The molecule has 0 aromatic heterocycles. The van der Waals surface area contributed by atoms with Crippen molar-refractivity contribution in [1.82, 2.24) is 0 Å². The SMILES string of the molecule is Fc1ccc(Cl)cc1NCc1cc(Br)ccc1OC(F)F. The normalized spacial score (nSPS) is 10.8. The van der Waals surface area contributed by atoms with Crippen molar-refractivity contribution < 1.29 is 17.9 Å². The molecule has 1 N–H and O–H groups in total. The molecule has 2 rings (SSSR count). The molecule has 0 saturated carbocycles. The van der Waals surface area contributed by atoms with Crippen LogP contribution in [-0.2, 0) is 6.54 Å². The Hall–Kier alpha value is -1.40. The van der Waals surface area contributed by atoms with Gasteiger partial charge in [0.15, 0.2) is 0 Å². The molecule has 0 amide bonds. The number of halogens is 5. The molecule has 0 aliphatic rings. The van der Waals surface area contributed by atoms with Crippen LogP contribution in [-0.4, -0.2) is 6.61 Å². The molecule has 21 heavy (non-hydrogen) atoms. The van der Waals surface area contributed by atoms with Gasteiger partial charge in [-0.05, 0) is 36.4 Å². The van der Waals surface area contributed by atoms with E-state index < -0.39 is 12.4 Å². The molecule has 2 nitrogen and oxygen atoms in total. The Bertz CT molecular complexity index is 640. The quantitative estimate of drug-likeness (QED) is 0.744. The Kier molecular flexibility index (Phi) is 5.36. The van der Waals surface area contributed by atoms with Crippen molar-refractivity contribution >= 4 is 33.2 Å². The summed E-state index contributed by atoms with van der Waals surface area (Å²) in [7, 11) is 0. The molecule has 0 unspecified atom stereocenters. The minimum atomic E-state index is -2.92. The average Bonchev–Trinajstić information content (AvgIpc) is 2.42. The fourth-order valence-electron chi connectivity index (χ4n) is 1.72. The molecule has 0 spiro atoms. The zero-order valence-electron chi connectivity index (χ0n) is 10.5. The zero-order valence-corrected chi connectivity index (χ0v) is 12.9. The average molecular weight is 381 g/mol. The lowest BCUT2D eigenvalue weighted by Crippen LogP contribution is -2.08. The lowest BCUT2D eigenvalue weighted by atomic mass is 10.2. The number of alkyl halides is 2. The van der Waals surface area contributed by atoms with Crippen LogP contribution >= 0.6 is 27.5 Å². The van der Waals surface area contributed by atoms with Crippen LogP contribution in [0, 0.1) is 5.82 Å². The van der Waals surface area contributed by atoms with Crippen LogP contribution in [0.15, 0.2) is 40.9 Å². The van der Waals surface area contributed by atoms with Gasteiger partial charge in [-0.15, -0.1) is 0 Å². The first kappa shape index (κ1) is 16.0. The van der Waals surface area contributed by atoms with Gasteiger partial charge in [0, 0.05) is 21.6 Å². The van der Waals surface area contributed by atoms with Crippen LogP contribution in [0.1, 0.15) is 5.56 Å². The maximum atomic E-state index is 13.6. The highest BCUT2D eigenvalue weighted by Gasteiger charge is 2.11. The summed E-state index contributed by atoms with van der Waals surface area (Å²) in [6.07, 6.45) is 0. The Morgan fingerprint density at radius 3 is 2.67 bits per heavy atom. The predicted molar refractivity (Wildman–Crippen MR) is 79.5 cm³/mol. The van der Waals surface area contributed by atoms with Gasteiger partial charge >= 0.3 is 6.61 Å². The number of benzene rings is 2. The summed E-state index contributed by atoms with van der Waals surface area (Å²) in [5.41, 5.74) is 0.648. The summed E-state index contributed by atoms with van der Waals surface area (Å²) >= 11 is 9.03. The van der Waals surface area contributed by atoms with Gasteiger partial charge in [0.05, 0.1) is 5.69 Å². The number of anilines is 1. The van der Waals surface area contributed by atoms with Gasteiger partial charge in [-0.3, -0.25) is 0 Å². The molecule has 0 saturated heterocycles. The second-order valence-electron chi connectivity index (χ2n) is 4.11. The van der Waals surface area contributed by atoms with Crippen molar-refractivity contribution in [2.75, 3.05) is 5.32 Å². The molecule has 0 bridgehead atoms. The van der Waals surface area contributed by atoms with E-state index in [1.165, 1.54) is 24.3 Å². The van der Waals surface area contributed by atoms with E-state index in [1.54, 1.807) is 12.1 Å². The third kappa shape index (κ3) is 4.54. The highest BCUT2D eigenvalue weighted by Crippen LogP contribution is 2.27. The lowest BCUT2D eigenvalue weighted by Gasteiger charge is -2.13. The summed E-state index contributed by atoms with van der Waals surface area (Å²) in [5.74, 6) is -0.450. The zero-order chi connectivity index (χ0) is 15.4. The van der Waals surface area contributed by atoms with Crippen LogP contribution in [0.2, 0.25) is 5.02 Å². The summed E-state index contributed by atoms with van der Waals surface area (Å²) in [5, 5.41) is 3.18. The maximum absolute atomic E-state index is 13.6. The van der Waals surface area contributed by atoms with Crippen LogP contribution < -0.4 is 10.1 Å². The number of rotatable bonds is 5. The standard InChI is InChI=1S/C14H10BrClF3NO/c15-9-1-4-13(21-14(18)19)8(5-9)7-20-12-6-10(16)2-3-11(12)17/h1-6,14,20H,7H2. The number of nitrogens with one attached hydrogen (secondary N) is 1. The van der Waals surface area contributed by atoms with E-state index in [0.717, 1.165) is 0 Å². The van der Waals surface area contributed by atoms with Crippen molar-refractivity contribution in [3.8, 4) is 5.75 Å². The largest absolute Gasteiger partial charge is 0.434 e. The second kappa shape index (κ2) is 7.04. The van der Waals surface area contributed by atoms with E-state index in [4.69, 9.17) is 11.6 Å². The minimum absolute atomic E-state index is 0.0307. The lowest BCUT2D eigenvalue weighted by molar-refractivity contribution is -0.0504. The predicted octanol–water partition coefficient (Wildman–Crippen LogP) is 5.46. The van der Waals surface area contributed by atoms with Gasteiger partial charge in [0.1, 0.15) is 11.6 Å². The monoisotopic (exact) mass is 379 g/mol. The van der Waals surface area contributed by atoms with E-state index in [2.05, 4.69) is 26.0 Å². The topological polar surface area (TPSA) is 21.3 Å². The molecule has 2 aromatic carbocycles. The van der Waals surface area contributed by atoms with Gasteiger partial charge in [-0.25, -0.2) is 4.39 Å². The third-order valence-electron chi connectivity index (χ3n) is 2.64. The summed E-state index contributed by atoms with van der Waals surface area (Å²) < 4.78 is 43.4. The van der Waals surface area contributed by atoms with E-state index in [0.29, 0.717) is 15.1 Å². The van der Waals surface area contributed by atoms with Crippen molar-refractivity contribution in [1.29, 1.82) is 0 Å². The molecule has 0 aliphatic carbocycles. The highest BCUT2D eigenvalue weighted by atomic mass is 79.9. The van der Waals surface area contributed by atoms with Crippen LogP contribution in [0.5, 0.6) is 5.75 Å². The Morgan fingerprint density at radius 2 is 1.95 bits per heavy atom. The molecule has 0 atom stereocenters. The molecule has 2 aromatic rings. The minimum Gasteiger partial charge on any atom is -0.434 e. The summed E-state index contributed by atoms with van der Waals surface area (Å²) in [4.78, 5) is 0. The van der Waals surface area contributed by atoms with Gasteiger partial charge in [-0.1, -0.05) is 27.5 Å². The molecular weight excluding hydrogens is 371 g/mol. The van der Waals surface area contributed by atoms with E-state index in [9.17, 15) is 13.2 Å². The molecule has 0 fully saturated rings. The van der Waals surface area contributed by atoms with E-state index in [1.807, 2.05) is 0 Å². The first-order valence-electron chi connectivity index (χ1n) is 5.88. The second-order valence-corrected chi connectivity index (χ2v) is 5.46. The van der Waals surface area contributed by atoms with Crippen LogP contribution in [0.4, 0.5) is 18.9 Å². The Balaban J connectivity index is 2.18. The first-order valence-corrected chi connectivity index (χ1v) is 7.05. The number of hydrogen-bond donors (Lipinski definition) is 1. The van der Waals surface area contributed by atoms with Crippen molar-refractivity contribution in [3.63, 3.8) is 0 Å². The van der Waals surface area contributed by atoms with Crippen LogP contribution in [0.25, 0.3) is 0 Å². The van der Waals surface area contributed by atoms with Crippen LogP contribution in [0.3, 0.4) is 0 Å². The number of hydrogen-bond acceptors (Lipinski definition) is 2. The fourth-order valence-corrected chi connectivity index (χ4v) is 2.30. The fraction of sp³-hybridized carbons (Fsp3) is 0.143. The summed E-state index contributed by atoms with van der Waals surface area (Å²) in [6.45, 7) is -2.81. The van der Waals surface area contributed by atoms with E-state index >= 15 is 0 Å². The molecule has 112 valence electrons. The van der Waals surface area contributed by atoms with Gasteiger partial charge in [0.25, 0.3) is 0 Å². The highest BCUT2D eigenvalue weighted by molar-refractivity contribution is 9.10. The first-order chi connectivity index (χ1) is 9.95. The van der Waals surface area contributed by atoms with Gasteiger partial charge in [-0.2, -0.15) is 8.78 Å². The maximum Gasteiger partial charge on any atom is 0.387 e. The molecule has 0 radical (unpaired) electrons. The Labute approximate surface area is 133 Å². The number of ether oxygens (including phenoxy) is 1. The molecule has 7 heteroatoms. The third-order valence-corrected chi connectivity index (χ3v) is 3.36. The molecular formula is C14H10BrClF3NO. The van der Waals surface area contributed by atoms with Crippen molar-refractivity contribution in [2.24, 2.45) is 0 Å². The molecule has 0 aliphatic heterocycles. The van der Waals surface area contributed by atoms with E-state index in [-0.39, 0.29) is 18.0 Å². The van der Waals surface area contributed by atoms with Gasteiger partial charge < -0.3 is 10.1 Å². The summed E-state index contributed by atoms with van der Waals surface area (Å²) in [6, 6.07) is 8.69. The molecule has 0 heterocycles. The Morgan fingerprint density at radius 1 is 1.19 bits per heavy atom. The van der Waals surface area contributed by atoms with Gasteiger partial charge in [0.2, 0.25) is 0 Å².